The molecule has 1 aromatic carbocycles. The van der Waals surface area contributed by atoms with E-state index in [1.807, 2.05) is 44.2 Å². The fourth-order valence-corrected chi connectivity index (χ4v) is 1.54. The van der Waals surface area contributed by atoms with Crippen LogP contribution in [0.15, 0.2) is 58.6 Å². The number of ketones is 1. The standard InChI is InChI=1S/C14H13NO/c1-10-11(2)14(16)9-8-13(10)15-12-6-4-3-5-7-12/h3-9H,1-2H3. The summed E-state index contributed by atoms with van der Waals surface area (Å²) >= 11 is 0. The number of hydrogen-bond acceptors (Lipinski definition) is 2. The van der Waals surface area contributed by atoms with Crippen molar-refractivity contribution in [1.29, 1.82) is 0 Å². The van der Waals surface area contributed by atoms with E-state index in [1.165, 1.54) is 0 Å². The quantitative estimate of drug-likeness (QED) is 0.656. The minimum absolute atomic E-state index is 0.0736. The Kier molecular flexibility index (Phi) is 2.82. The average Bonchev–Trinajstić information content (AvgIpc) is 2.31. The van der Waals surface area contributed by atoms with Gasteiger partial charge in [-0.2, -0.15) is 0 Å². The van der Waals surface area contributed by atoms with Crippen LogP contribution in [0.1, 0.15) is 13.8 Å². The average molecular weight is 211 g/mol. The van der Waals surface area contributed by atoms with Crippen LogP contribution in [0, 0.1) is 0 Å². The van der Waals surface area contributed by atoms with E-state index in [0.29, 0.717) is 0 Å². The maximum absolute atomic E-state index is 11.4. The van der Waals surface area contributed by atoms with E-state index in [4.69, 9.17) is 0 Å². The van der Waals surface area contributed by atoms with Crippen LogP contribution in [0.5, 0.6) is 0 Å². The van der Waals surface area contributed by atoms with Gasteiger partial charge in [-0.3, -0.25) is 4.79 Å². The number of rotatable bonds is 1. The van der Waals surface area contributed by atoms with Crippen molar-refractivity contribution in [3.63, 3.8) is 0 Å². The van der Waals surface area contributed by atoms with Gasteiger partial charge in [-0.1, -0.05) is 18.2 Å². The van der Waals surface area contributed by atoms with Crippen LogP contribution in [0.3, 0.4) is 0 Å². The molecule has 0 amide bonds. The molecule has 0 radical (unpaired) electrons. The lowest BCUT2D eigenvalue weighted by atomic mass is 9.97. The molecule has 2 nitrogen and oxygen atoms in total. The van der Waals surface area contributed by atoms with Gasteiger partial charge in [0.05, 0.1) is 11.4 Å². The highest BCUT2D eigenvalue weighted by atomic mass is 16.1. The maximum Gasteiger partial charge on any atom is 0.181 e. The Morgan fingerprint density at radius 2 is 1.62 bits per heavy atom. The van der Waals surface area contributed by atoms with Gasteiger partial charge in [0.25, 0.3) is 0 Å². The first-order chi connectivity index (χ1) is 7.68. The molecule has 1 aliphatic rings. The van der Waals surface area contributed by atoms with Gasteiger partial charge in [-0.25, -0.2) is 4.99 Å². The molecule has 0 atom stereocenters. The zero-order chi connectivity index (χ0) is 11.5. The molecule has 0 N–H and O–H groups in total. The number of carbonyl (C=O) groups is 1. The number of para-hydroxylation sites is 1. The van der Waals surface area contributed by atoms with E-state index >= 15 is 0 Å². The Labute approximate surface area is 95.0 Å². The van der Waals surface area contributed by atoms with Gasteiger partial charge in [-0.05, 0) is 43.7 Å². The van der Waals surface area contributed by atoms with Crippen molar-refractivity contribution in [3.05, 3.63) is 53.6 Å². The zero-order valence-electron chi connectivity index (χ0n) is 9.40. The first kappa shape index (κ1) is 10.6. The van der Waals surface area contributed by atoms with Gasteiger partial charge in [0.15, 0.2) is 5.78 Å². The minimum atomic E-state index is 0.0736. The fraction of sp³-hybridized carbons (Fsp3) is 0.143. The second-order valence-corrected chi connectivity index (χ2v) is 3.78. The lowest BCUT2D eigenvalue weighted by molar-refractivity contribution is -0.111. The van der Waals surface area contributed by atoms with Crippen molar-refractivity contribution in [3.8, 4) is 0 Å². The smallest absolute Gasteiger partial charge is 0.181 e. The Bertz CT molecular complexity index is 507. The lowest BCUT2D eigenvalue weighted by Gasteiger charge is -2.10. The molecule has 0 saturated carbocycles. The second kappa shape index (κ2) is 4.27. The second-order valence-electron chi connectivity index (χ2n) is 3.78. The fourth-order valence-electron chi connectivity index (χ4n) is 1.54. The Balaban J connectivity index is 2.40. The van der Waals surface area contributed by atoms with Gasteiger partial charge in [0, 0.05) is 5.57 Å². The summed E-state index contributed by atoms with van der Waals surface area (Å²) in [4.78, 5) is 15.9. The van der Waals surface area contributed by atoms with Crippen molar-refractivity contribution < 1.29 is 4.79 Å². The number of allylic oxidation sites excluding steroid dienone is 4. The summed E-state index contributed by atoms with van der Waals surface area (Å²) in [5, 5.41) is 0. The highest BCUT2D eigenvalue weighted by Gasteiger charge is 2.13. The van der Waals surface area contributed by atoms with Crippen molar-refractivity contribution in [1.82, 2.24) is 0 Å². The summed E-state index contributed by atoms with van der Waals surface area (Å²) in [5.41, 5.74) is 3.50. The molecule has 0 aliphatic heterocycles. The van der Waals surface area contributed by atoms with Gasteiger partial charge in [-0.15, -0.1) is 0 Å². The molecule has 16 heavy (non-hydrogen) atoms. The first-order valence-electron chi connectivity index (χ1n) is 5.22. The largest absolute Gasteiger partial charge is 0.290 e. The normalized spacial score (nSPS) is 18.4. The van der Waals surface area contributed by atoms with E-state index in [1.54, 1.807) is 12.2 Å². The number of hydrogen-bond donors (Lipinski definition) is 0. The summed E-state index contributed by atoms with van der Waals surface area (Å²) in [6.07, 6.45) is 3.35. The Hall–Kier alpha value is -1.96. The number of nitrogens with zero attached hydrogens (tertiary/aromatic N) is 1. The van der Waals surface area contributed by atoms with E-state index in [-0.39, 0.29) is 5.78 Å². The van der Waals surface area contributed by atoms with E-state index < -0.39 is 0 Å². The van der Waals surface area contributed by atoms with Crippen molar-refractivity contribution in [2.45, 2.75) is 13.8 Å². The Morgan fingerprint density at radius 1 is 0.938 bits per heavy atom. The molecule has 0 unspecified atom stereocenters. The lowest BCUT2D eigenvalue weighted by Crippen LogP contribution is -2.10. The van der Waals surface area contributed by atoms with Crippen LogP contribution >= 0.6 is 0 Å². The van der Waals surface area contributed by atoms with Crippen LogP contribution in [-0.4, -0.2) is 11.5 Å². The zero-order valence-corrected chi connectivity index (χ0v) is 9.40. The molecular weight excluding hydrogens is 198 g/mol. The predicted octanol–water partition coefficient (Wildman–Crippen LogP) is 3.23. The molecule has 1 aromatic rings. The third-order valence-electron chi connectivity index (χ3n) is 2.71. The van der Waals surface area contributed by atoms with Gasteiger partial charge in [0.1, 0.15) is 0 Å². The molecule has 0 aromatic heterocycles. The number of aliphatic imine (C=N–C) groups is 1. The number of carbonyl (C=O) groups excluding carboxylic acids is 1. The van der Waals surface area contributed by atoms with Crippen molar-refractivity contribution in [2.24, 2.45) is 4.99 Å². The number of benzene rings is 1. The minimum Gasteiger partial charge on any atom is -0.290 e. The Morgan fingerprint density at radius 3 is 2.31 bits per heavy atom. The molecule has 0 saturated heterocycles. The molecular formula is C14H13NO. The van der Waals surface area contributed by atoms with Crippen molar-refractivity contribution in [2.75, 3.05) is 0 Å². The van der Waals surface area contributed by atoms with Crippen LogP contribution in [-0.2, 0) is 4.79 Å². The van der Waals surface area contributed by atoms with E-state index in [9.17, 15) is 4.79 Å². The van der Waals surface area contributed by atoms with Crippen molar-refractivity contribution >= 4 is 17.2 Å². The molecule has 80 valence electrons. The highest BCUT2D eigenvalue weighted by Crippen LogP contribution is 2.18. The van der Waals surface area contributed by atoms with Crippen LogP contribution in [0.25, 0.3) is 0 Å². The summed E-state index contributed by atoms with van der Waals surface area (Å²) in [6.45, 7) is 3.76. The SMILES string of the molecule is CC1=C(C)C(=Nc2ccccc2)C=CC1=O. The van der Waals surface area contributed by atoms with E-state index in [0.717, 1.165) is 22.5 Å². The monoisotopic (exact) mass is 211 g/mol. The van der Waals surface area contributed by atoms with Crippen LogP contribution in [0.2, 0.25) is 0 Å². The third kappa shape index (κ3) is 2.01. The maximum atomic E-state index is 11.4. The van der Waals surface area contributed by atoms with Gasteiger partial charge >= 0.3 is 0 Å². The topological polar surface area (TPSA) is 29.4 Å². The molecule has 1 aliphatic carbocycles. The molecule has 0 fully saturated rings. The van der Waals surface area contributed by atoms with Crippen LogP contribution < -0.4 is 0 Å². The predicted molar refractivity (Wildman–Crippen MR) is 66.1 cm³/mol. The van der Waals surface area contributed by atoms with E-state index in [2.05, 4.69) is 4.99 Å². The first-order valence-corrected chi connectivity index (χ1v) is 5.22. The molecule has 2 heteroatoms. The summed E-state index contributed by atoms with van der Waals surface area (Å²) < 4.78 is 0. The molecule has 0 heterocycles. The molecule has 0 bridgehead atoms. The van der Waals surface area contributed by atoms with Crippen LogP contribution in [0.4, 0.5) is 5.69 Å². The summed E-state index contributed by atoms with van der Waals surface area (Å²) in [5.74, 6) is 0.0736. The van der Waals surface area contributed by atoms with Gasteiger partial charge < -0.3 is 0 Å². The summed E-state index contributed by atoms with van der Waals surface area (Å²) in [7, 11) is 0. The molecule has 0 spiro atoms. The third-order valence-corrected chi connectivity index (χ3v) is 2.71. The summed E-state index contributed by atoms with van der Waals surface area (Å²) in [6, 6.07) is 9.74. The molecule has 2 rings (SSSR count). The van der Waals surface area contributed by atoms with Gasteiger partial charge in [0.2, 0.25) is 0 Å². The highest BCUT2D eigenvalue weighted by molar-refractivity contribution is 6.22.